The highest BCUT2D eigenvalue weighted by molar-refractivity contribution is 6.02. The first-order valence-electron chi connectivity index (χ1n) is 8.30. The molecule has 0 fully saturated rings. The van der Waals surface area contributed by atoms with E-state index in [2.05, 4.69) is 15.2 Å². The van der Waals surface area contributed by atoms with Gasteiger partial charge in [0, 0.05) is 18.0 Å². The molecule has 10 heteroatoms. The highest BCUT2D eigenvalue weighted by atomic mass is 19.3. The predicted octanol–water partition coefficient (Wildman–Crippen LogP) is 3.92. The van der Waals surface area contributed by atoms with Crippen LogP contribution in [0.1, 0.15) is 10.5 Å². The maximum atomic E-state index is 12.9. The monoisotopic (exact) mass is 407 g/mol. The van der Waals surface area contributed by atoms with Crippen molar-refractivity contribution in [3.8, 4) is 17.2 Å². The van der Waals surface area contributed by atoms with Crippen molar-refractivity contribution in [3.05, 3.63) is 66.2 Å². The minimum Gasteiger partial charge on any atom is -0.493 e. The lowest BCUT2D eigenvalue weighted by Crippen LogP contribution is -2.14. The van der Waals surface area contributed by atoms with Crippen LogP contribution in [-0.2, 0) is 6.73 Å². The maximum absolute atomic E-state index is 12.9. The number of anilines is 1. The minimum absolute atomic E-state index is 0.0202. The lowest BCUT2D eigenvalue weighted by atomic mass is 10.2. The van der Waals surface area contributed by atoms with Crippen molar-refractivity contribution in [3.63, 3.8) is 0 Å². The standard InChI is InChI=1S/C19H16F3N3O4/c1-27-17-10-13(4-7-16(17)29-19(21)22)23-18(26)15-8-9-25(24-15)11-28-14-5-2-12(20)3-6-14/h2-10,19H,11H2,1H3,(H,23,26). The average Bonchev–Trinajstić information content (AvgIpc) is 3.17. The second-order valence-electron chi connectivity index (χ2n) is 5.67. The van der Waals surface area contributed by atoms with Crippen molar-refractivity contribution in [1.82, 2.24) is 9.78 Å². The third-order valence-corrected chi connectivity index (χ3v) is 3.69. The number of aromatic nitrogens is 2. The summed E-state index contributed by atoms with van der Waals surface area (Å²) < 4.78 is 53.8. The van der Waals surface area contributed by atoms with Crippen molar-refractivity contribution < 1.29 is 32.2 Å². The van der Waals surface area contributed by atoms with Gasteiger partial charge in [-0.05, 0) is 42.5 Å². The topological polar surface area (TPSA) is 74.6 Å². The third-order valence-electron chi connectivity index (χ3n) is 3.69. The molecule has 3 aromatic rings. The van der Waals surface area contributed by atoms with Crippen molar-refractivity contribution in [1.29, 1.82) is 0 Å². The fourth-order valence-corrected chi connectivity index (χ4v) is 2.36. The van der Waals surface area contributed by atoms with Gasteiger partial charge in [0.25, 0.3) is 5.91 Å². The van der Waals surface area contributed by atoms with Crippen LogP contribution in [0.15, 0.2) is 54.7 Å². The predicted molar refractivity (Wildman–Crippen MR) is 96.8 cm³/mol. The Hall–Kier alpha value is -3.69. The summed E-state index contributed by atoms with van der Waals surface area (Å²) in [5.74, 6) is -0.550. The second-order valence-corrected chi connectivity index (χ2v) is 5.67. The Kier molecular flexibility index (Phi) is 6.22. The first kappa shape index (κ1) is 20.1. The number of rotatable bonds is 8. The van der Waals surface area contributed by atoms with E-state index >= 15 is 0 Å². The van der Waals surface area contributed by atoms with E-state index in [9.17, 15) is 18.0 Å². The Balaban J connectivity index is 1.61. The van der Waals surface area contributed by atoms with Gasteiger partial charge in [-0.25, -0.2) is 9.07 Å². The van der Waals surface area contributed by atoms with Crippen LogP contribution in [0.25, 0.3) is 0 Å². The molecule has 0 atom stereocenters. The molecule has 0 saturated heterocycles. The lowest BCUT2D eigenvalue weighted by molar-refractivity contribution is -0.0512. The number of benzene rings is 2. The molecule has 0 aliphatic heterocycles. The normalized spacial score (nSPS) is 10.7. The Morgan fingerprint density at radius 1 is 1.14 bits per heavy atom. The third kappa shape index (κ3) is 5.41. The highest BCUT2D eigenvalue weighted by Crippen LogP contribution is 2.31. The van der Waals surface area contributed by atoms with Gasteiger partial charge in [0.15, 0.2) is 23.9 Å². The van der Waals surface area contributed by atoms with E-state index in [-0.39, 0.29) is 29.7 Å². The second kappa shape index (κ2) is 9.00. The number of carbonyl (C=O) groups is 1. The quantitative estimate of drug-likeness (QED) is 0.613. The van der Waals surface area contributed by atoms with Gasteiger partial charge in [-0.3, -0.25) is 4.79 Å². The van der Waals surface area contributed by atoms with Crippen molar-refractivity contribution in [2.45, 2.75) is 13.3 Å². The van der Waals surface area contributed by atoms with Gasteiger partial charge in [0.05, 0.1) is 7.11 Å². The molecule has 0 radical (unpaired) electrons. The summed E-state index contributed by atoms with van der Waals surface area (Å²) in [5, 5.41) is 6.68. The van der Waals surface area contributed by atoms with Crippen LogP contribution < -0.4 is 19.5 Å². The molecule has 0 saturated carbocycles. The van der Waals surface area contributed by atoms with Crippen LogP contribution in [0.4, 0.5) is 18.9 Å². The molecule has 1 aromatic heterocycles. The van der Waals surface area contributed by atoms with E-state index in [0.717, 1.165) is 0 Å². The van der Waals surface area contributed by atoms with Crippen LogP contribution in [0, 0.1) is 5.82 Å². The average molecular weight is 407 g/mol. The highest BCUT2D eigenvalue weighted by Gasteiger charge is 2.14. The molecule has 1 amide bonds. The smallest absolute Gasteiger partial charge is 0.387 e. The number of halogens is 3. The number of nitrogens with one attached hydrogen (secondary N) is 1. The van der Waals surface area contributed by atoms with Crippen LogP contribution in [0.5, 0.6) is 17.2 Å². The number of nitrogens with zero attached hydrogens (tertiary/aromatic N) is 2. The maximum Gasteiger partial charge on any atom is 0.387 e. The number of hydrogen-bond donors (Lipinski definition) is 1. The van der Waals surface area contributed by atoms with Gasteiger partial charge >= 0.3 is 6.61 Å². The molecule has 29 heavy (non-hydrogen) atoms. The number of hydrogen-bond acceptors (Lipinski definition) is 5. The van der Waals surface area contributed by atoms with Crippen LogP contribution in [-0.4, -0.2) is 29.4 Å². The van der Waals surface area contributed by atoms with E-state index in [4.69, 9.17) is 9.47 Å². The molecule has 3 rings (SSSR count). The molecule has 0 bridgehead atoms. The summed E-state index contributed by atoms with van der Waals surface area (Å²) in [6, 6.07) is 11.0. The fraction of sp³-hybridized carbons (Fsp3) is 0.158. The first-order chi connectivity index (χ1) is 13.9. The molecular formula is C19H16F3N3O4. The number of carbonyl (C=O) groups excluding carboxylic acids is 1. The van der Waals surface area contributed by atoms with Gasteiger partial charge < -0.3 is 19.5 Å². The number of methoxy groups -OCH3 is 1. The Morgan fingerprint density at radius 3 is 2.59 bits per heavy atom. The summed E-state index contributed by atoms with van der Waals surface area (Å²) in [7, 11) is 1.29. The molecule has 1 heterocycles. The van der Waals surface area contributed by atoms with Crippen LogP contribution in [0.2, 0.25) is 0 Å². The number of alkyl halides is 2. The van der Waals surface area contributed by atoms with Gasteiger partial charge in [0.1, 0.15) is 11.6 Å². The Labute approximate surface area is 163 Å². The molecule has 1 N–H and O–H groups in total. The molecule has 0 unspecified atom stereocenters. The van der Waals surface area contributed by atoms with Gasteiger partial charge in [-0.15, -0.1) is 0 Å². The van der Waals surface area contributed by atoms with E-state index in [1.807, 2.05) is 0 Å². The SMILES string of the molecule is COc1cc(NC(=O)c2ccn(COc3ccc(F)cc3)n2)ccc1OC(F)F. The lowest BCUT2D eigenvalue weighted by Gasteiger charge is -2.11. The van der Waals surface area contributed by atoms with Crippen molar-refractivity contribution in [2.75, 3.05) is 12.4 Å². The summed E-state index contributed by atoms with van der Waals surface area (Å²) in [6.07, 6.45) is 1.54. The molecule has 2 aromatic carbocycles. The number of amides is 1. The fourth-order valence-electron chi connectivity index (χ4n) is 2.36. The minimum atomic E-state index is -2.99. The summed E-state index contributed by atoms with van der Waals surface area (Å²) in [5.41, 5.74) is 0.421. The van der Waals surface area contributed by atoms with E-state index in [0.29, 0.717) is 11.4 Å². The van der Waals surface area contributed by atoms with Gasteiger partial charge in [-0.2, -0.15) is 13.9 Å². The van der Waals surface area contributed by atoms with Crippen LogP contribution in [0.3, 0.4) is 0 Å². The van der Waals surface area contributed by atoms with Crippen LogP contribution >= 0.6 is 0 Å². The molecule has 0 aliphatic carbocycles. The Morgan fingerprint density at radius 2 is 1.90 bits per heavy atom. The largest absolute Gasteiger partial charge is 0.493 e. The van der Waals surface area contributed by atoms with E-state index in [1.54, 1.807) is 6.20 Å². The molecule has 152 valence electrons. The zero-order valence-corrected chi connectivity index (χ0v) is 15.1. The zero-order chi connectivity index (χ0) is 20.8. The summed E-state index contributed by atoms with van der Waals surface area (Å²) in [6.45, 7) is -2.97. The van der Waals surface area contributed by atoms with Crippen molar-refractivity contribution >= 4 is 11.6 Å². The van der Waals surface area contributed by atoms with E-state index in [1.165, 1.54) is 60.3 Å². The first-order valence-corrected chi connectivity index (χ1v) is 8.30. The molecule has 7 nitrogen and oxygen atoms in total. The molecule has 0 spiro atoms. The van der Waals surface area contributed by atoms with E-state index < -0.39 is 12.5 Å². The summed E-state index contributed by atoms with van der Waals surface area (Å²) in [4.78, 5) is 12.3. The van der Waals surface area contributed by atoms with Gasteiger partial charge in [0.2, 0.25) is 0 Å². The molecular weight excluding hydrogens is 391 g/mol. The zero-order valence-electron chi connectivity index (χ0n) is 15.1. The van der Waals surface area contributed by atoms with Gasteiger partial charge in [-0.1, -0.05) is 0 Å². The summed E-state index contributed by atoms with van der Waals surface area (Å²) >= 11 is 0. The number of ether oxygens (including phenoxy) is 3. The van der Waals surface area contributed by atoms with Crippen molar-refractivity contribution in [2.24, 2.45) is 0 Å². The molecule has 0 aliphatic rings. The Bertz CT molecular complexity index is 977.